The van der Waals surface area contributed by atoms with Crippen molar-refractivity contribution < 1.29 is 0 Å². The molecule has 3 rings (SSSR count). The fourth-order valence-corrected chi connectivity index (χ4v) is 3.38. The Morgan fingerprint density at radius 2 is 1.89 bits per heavy atom. The number of para-hydroxylation sites is 1. The van der Waals surface area contributed by atoms with Crippen LogP contribution in [0.15, 0.2) is 24.3 Å². The summed E-state index contributed by atoms with van der Waals surface area (Å²) in [5.74, 6) is 0. The first kappa shape index (κ1) is 12.0. The van der Waals surface area contributed by atoms with E-state index in [-0.39, 0.29) is 0 Å². The lowest BCUT2D eigenvalue weighted by Gasteiger charge is -2.36. The van der Waals surface area contributed by atoms with Crippen molar-refractivity contribution >= 4 is 5.69 Å². The van der Waals surface area contributed by atoms with E-state index in [1.165, 1.54) is 38.2 Å². The van der Waals surface area contributed by atoms with Crippen LogP contribution in [0.5, 0.6) is 0 Å². The second kappa shape index (κ2) is 4.27. The summed E-state index contributed by atoms with van der Waals surface area (Å²) in [6.45, 7) is 10.7. The normalized spacial score (nSPS) is 24.6. The summed E-state index contributed by atoms with van der Waals surface area (Å²) in [6, 6.07) is 9.62. The first-order valence-corrected chi connectivity index (χ1v) is 7.15. The quantitative estimate of drug-likeness (QED) is 0.692. The van der Waals surface area contributed by atoms with Gasteiger partial charge in [-0.3, -0.25) is 4.90 Å². The predicted molar refractivity (Wildman–Crippen MR) is 77.2 cm³/mol. The Morgan fingerprint density at radius 1 is 1.11 bits per heavy atom. The van der Waals surface area contributed by atoms with E-state index < -0.39 is 0 Å². The number of rotatable bonds is 0. The standard InChI is InChI=1S/C16H24N2/c1-16(2,3)17-9-6-10-18-14(12-17)11-13-7-4-5-8-15(13)18/h4-5,7-8,14H,6,9-12H2,1-3H3. The van der Waals surface area contributed by atoms with E-state index >= 15 is 0 Å². The highest BCUT2D eigenvalue weighted by molar-refractivity contribution is 5.59. The van der Waals surface area contributed by atoms with Crippen LogP contribution in [0, 0.1) is 0 Å². The van der Waals surface area contributed by atoms with E-state index in [0.29, 0.717) is 11.6 Å². The average molecular weight is 244 g/mol. The van der Waals surface area contributed by atoms with Crippen LogP contribution in [0.4, 0.5) is 5.69 Å². The van der Waals surface area contributed by atoms with Crippen molar-refractivity contribution in [2.24, 2.45) is 0 Å². The van der Waals surface area contributed by atoms with Gasteiger partial charge in [-0.2, -0.15) is 0 Å². The summed E-state index contributed by atoms with van der Waals surface area (Å²) in [6.07, 6.45) is 2.50. The largest absolute Gasteiger partial charge is 0.367 e. The third kappa shape index (κ3) is 2.03. The van der Waals surface area contributed by atoms with Crippen LogP contribution in [0.3, 0.4) is 0 Å². The molecule has 0 spiro atoms. The molecule has 0 aromatic heterocycles. The van der Waals surface area contributed by atoms with E-state index in [1.807, 2.05) is 0 Å². The molecule has 1 aromatic carbocycles. The summed E-state index contributed by atoms with van der Waals surface area (Å²) < 4.78 is 0. The molecule has 0 amide bonds. The molecule has 0 N–H and O–H groups in total. The highest BCUT2D eigenvalue weighted by Crippen LogP contribution is 2.34. The molecule has 2 heteroatoms. The second-order valence-corrected chi connectivity index (χ2v) is 6.65. The van der Waals surface area contributed by atoms with Gasteiger partial charge in [-0.15, -0.1) is 0 Å². The molecule has 1 unspecified atom stereocenters. The highest BCUT2D eigenvalue weighted by atomic mass is 15.3. The number of fused-ring (bicyclic) bond motifs is 3. The topological polar surface area (TPSA) is 6.48 Å². The summed E-state index contributed by atoms with van der Waals surface area (Å²) in [5.41, 5.74) is 3.32. The highest BCUT2D eigenvalue weighted by Gasteiger charge is 2.34. The van der Waals surface area contributed by atoms with Crippen LogP contribution in [0.2, 0.25) is 0 Å². The van der Waals surface area contributed by atoms with Gasteiger partial charge in [0, 0.05) is 36.9 Å². The minimum Gasteiger partial charge on any atom is -0.367 e. The van der Waals surface area contributed by atoms with Crippen molar-refractivity contribution in [3.8, 4) is 0 Å². The maximum absolute atomic E-state index is 2.66. The first-order valence-electron chi connectivity index (χ1n) is 7.15. The van der Waals surface area contributed by atoms with Gasteiger partial charge in [-0.25, -0.2) is 0 Å². The SMILES string of the molecule is CC(C)(C)N1CCCN2c3ccccc3CC2C1. The predicted octanol–water partition coefficient (Wildman–Crippen LogP) is 2.92. The number of hydrogen-bond donors (Lipinski definition) is 0. The van der Waals surface area contributed by atoms with Crippen LogP contribution in [-0.2, 0) is 6.42 Å². The third-order valence-corrected chi connectivity index (χ3v) is 4.40. The smallest absolute Gasteiger partial charge is 0.0458 e. The van der Waals surface area contributed by atoms with Crippen molar-refractivity contribution in [1.82, 2.24) is 4.90 Å². The molecule has 1 aromatic rings. The zero-order valence-electron chi connectivity index (χ0n) is 11.8. The van der Waals surface area contributed by atoms with Crippen LogP contribution in [0.1, 0.15) is 32.8 Å². The lowest BCUT2D eigenvalue weighted by molar-refractivity contribution is 0.137. The Balaban J connectivity index is 1.85. The second-order valence-electron chi connectivity index (χ2n) is 6.65. The molecule has 1 atom stereocenters. The Morgan fingerprint density at radius 3 is 2.67 bits per heavy atom. The summed E-state index contributed by atoms with van der Waals surface area (Å²) in [5, 5.41) is 0. The lowest BCUT2D eigenvalue weighted by atomic mass is 10.0. The Kier molecular flexibility index (Phi) is 2.86. The molecule has 2 nitrogen and oxygen atoms in total. The van der Waals surface area contributed by atoms with E-state index in [9.17, 15) is 0 Å². The van der Waals surface area contributed by atoms with Gasteiger partial charge in [0.05, 0.1) is 0 Å². The van der Waals surface area contributed by atoms with Crippen LogP contribution in [0.25, 0.3) is 0 Å². The van der Waals surface area contributed by atoms with Gasteiger partial charge >= 0.3 is 0 Å². The van der Waals surface area contributed by atoms with Crippen molar-refractivity contribution in [2.45, 2.75) is 45.2 Å². The molecule has 1 saturated heterocycles. The van der Waals surface area contributed by atoms with Gasteiger partial charge in [0.2, 0.25) is 0 Å². The number of benzene rings is 1. The van der Waals surface area contributed by atoms with Gasteiger partial charge in [-0.1, -0.05) is 18.2 Å². The van der Waals surface area contributed by atoms with Crippen molar-refractivity contribution in [3.05, 3.63) is 29.8 Å². The molecule has 2 heterocycles. The van der Waals surface area contributed by atoms with E-state index in [2.05, 4.69) is 54.8 Å². The molecule has 0 saturated carbocycles. The Bertz CT molecular complexity index is 433. The first-order chi connectivity index (χ1) is 8.55. The maximum atomic E-state index is 2.66. The van der Waals surface area contributed by atoms with E-state index in [4.69, 9.17) is 0 Å². The molecule has 1 fully saturated rings. The summed E-state index contributed by atoms with van der Waals surface area (Å²) >= 11 is 0. The van der Waals surface area contributed by atoms with Gasteiger partial charge in [0.25, 0.3) is 0 Å². The van der Waals surface area contributed by atoms with Gasteiger partial charge in [0.1, 0.15) is 0 Å². The van der Waals surface area contributed by atoms with Crippen molar-refractivity contribution in [1.29, 1.82) is 0 Å². The fourth-order valence-electron chi connectivity index (χ4n) is 3.38. The Hall–Kier alpha value is -1.02. The molecular formula is C16H24N2. The van der Waals surface area contributed by atoms with Gasteiger partial charge in [0.15, 0.2) is 0 Å². The van der Waals surface area contributed by atoms with Crippen LogP contribution >= 0.6 is 0 Å². The average Bonchev–Trinajstić information content (AvgIpc) is 2.52. The molecule has 0 aliphatic carbocycles. The molecule has 0 bridgehead atoms. The molecule has 0 radical (unpaired) electrons. The minimum absolute atomic E-state index is 0.296. The molecule has 98 valence electrons. The summed E-state index contributed by atoms with van der Waals surface area (Å²) in [4.78, 5) is 5.30. The monoisotopic (exact) mass is 244 g/mol. The van der Waals surface area contributed by atoms with E-state index in [0.717, 1.165) is 0 Å². The fraction of sp³-hybridized carbons (Fsp3) is 0.625. The van der Waals surface area contributed by atoms with Crippen LogP contribution in [-0.4, -0.2) is 36.1 Å². The van der Waals surface area contributed by atoms with E-state index in [1.54, 1.807) is 5.56 Å². The lowest BCUT2D eigenvalue weighted by Crippen LogP contribution is -2.47. The van der Waals surface area contributed by atoms with Crippen molar-refractivity contribution in [3.63, 3.8) is 0 Å². The number of nitrogens with zero attached hydrogens (tertiary/aromatic N) is 2. The number of hydrogen-bond acceptors (Lipinski definition) is 2. The molecule has 2 aliphatic heterocycles. The summed E-state index contributed by atoms with van der Waals surface area (Å²) in [7, 11) is 0. The Labute approximate surface area is 111 Å². The maximum Gasteiger partial charge on any atom is 0.0458 e. The molecular weight excluding hydrogens is 220 g/mol. The van der Waals surface area contributed by atoms with Crippen molar-refractivity contribution in [2.75, 3.05) is 24.5 Å². The zero-order chi connectivity index (χ0) is 12.8. The number of anilines is 1. The minimum atomic E-state index is 0.296. The van der Waals surface area contributed by atoms with Gasteiger partial charge in [-0.05, 0) is 45.2 Å². The van der Waals surface area contributed by atoms with Gasteiger partial charge < -0.3 is 4.90 Å². The van der Waals surface area contributed by atoms with Crippen LogP contribution < -0.4 is 4.90 Å². The molecule has 18 heavy (non-hydrogen) atoms. The third-order valence-electron chi connectivity index (χ3n) is 4.40. The zero-order valence-corrected chi connectivity index (χ0v) is 11.8. The molecule has 2 aliphatic rings.